The van der Waals surface area contributed by atoms with Gasteiger partial charge in [-0.1, -0.05) is 90.9 Å². The molecule has 0 unspecified atom stereocenters. The summed E-state index contributed by atoms with van der Waals surface area (Å²) in [6.07, 6.45) is 20.5. The van der Waals surface area contributed by atoms with E-state index in [-0.39, 0.29) is 30.1 Å². The van der Waals surface area contributed by atoms with E-state index in [1.165, 1.54) is 57.8 Å². The van der Waals surface area contributed by atoms with Crippen molar-refractivity contribution in [2.45, 2.75) is 141 Å². The summed E-state index contributed by atoms with van der Waals surface area (Å²) in [6, 6.07) is -0.626. The van der Waals surface area contributed by atoms with E-state index in [9.17, 15) is 14.4 Å². The Morgan fingerprint density at radius 2 is 1.57 bits per heavy atom. The Kier molecular flexibility index (Phi) is 19.0. The number of carbonyl (C=O) groups is 3. The van der Waals surface area contributed by atoms with Gasteiger partial charge in [-0.2, -0.15) is 11.8 Å². The third-order valence-corrected chi connectivity index (χ3v) is 7.60. The lowest BCUT2D eigenvalue weighted by Crippen LogP contribution is -2.48. The number of cyclic esters (lactones) is 1. The molecule has 0 aliphatic carbocycles. The molecule has 0 spiro atoms. The van der Waals surface area contributed by atoms with Gasteiger partial charge in [0.15, 0.2) is 0 Å². The van der Waals surface area contributed by atoms with Crippen LogP contribution in [-0.4, -0.2) is 48.6 Å². The molecule has 1 aliphatic rings. The Hall–Kier alpha value is -1.24. The number of unbranched alkanes of at least 4 members (excludes halogenated alkanes) is 11. The standard InChI is InChI=1S/C28H51NO5S/c1-4-6-8-10-11-12-13-14-15-17-23(33-28(32)25(29-22-30)19-20-35-3)21-26-24(27(31)34-26)18-16-9-7-5-2/h22-26H,4-21H2,1-3H3,(H,29,30)/t23-,24-,25-,26-/m0/s1. The van der Waals surface area contributed by atoms with E-state index in [4.69, 9.17) is 9.47 Å². The molecule has 0 aromatic carbocycles. The normalized spacial score (nSPS) is 18.9. The van der Waals surface area contributed by atoms with E-state index in [1.54, 1.807) is 11.8 Å². The number of hydrogen-bond acceptors (Lipinski definition) is 6. The van der Waals surface area contributed by atoms with Gasteiger partial charge >= 0.3 is 11.9 Å². The van der Waals surface area contributed by atoms with Gasteiger partial charge < -0.3 is 14.8 Å². The molecule has 35 heavy (non-hydrogen) atoms. The molecule has 7 heteroatoms. The predicted octanol–water partition coefficient (Wildman–Crippen LogP) is 6.59. The molecule has 0 saturated carbocycles. The van der Waals surface area contributed by atoms with Crippen LogP contribution in [0.25, 0.3) is 0 Å². The van der Waals surface area contributed by atoms with Gasteiger partial charge in [-0.15, -0.1) is 0 Å². The average Bonchev–Trinajstić information content (AvgIpc) is 2.84. The molecule has 1 amide bonds. The molecule has 0 aromatic heterocycles. The van der Waals surface area contributed by atoms with Crippen LogP contribution >= 0.6 is 11.8 Å². The maximum absolute atomic E-state index is 12.8. The lowest BCUT2D eigenvalue weighted by molar-refractivity contribution is -0.190. The van der Waals surface area contributed by atoms with Crippen LogP contribution in [0.4, 0.5) is 0 Å². The molecule has 6 nitrogen and oxygen atoms in total. The van der Waals surface area contributed by atoms with Gasteiger partial charge in [0.25, 0.3) is 0 Å². The summed E-state index contributed by atoms with van der Waals surface area (Å²) in [6.45, 7) is 4.42. The highest BCUT2D eigenvalue weighted by atomic mass is 32.2. The zero-order valence-corrected chi connectivity index (χ0v) is 23.4. The van der Waals surface area contributed by atoms with Crippen molar-refractivity contribution in [2.75, 3.05) is 12.0 Å². The summed E-state index contributed by atoms with van der Waals surface area (Å²) in [7, 11) is 0. The zero-order valence-electron chi connectivity index (χ0n) is 22.6. The maximum Gasteiger partial charge on any atom is 0.328 e. The maximum atomic E-state index is 12.8. The SMILES string of the molecule is CCCCCCCCCCC[C@@H](C[C@@H]1OC(=O)[C@H]1CCCCCC)OC(=O)[C@H](CCSC)NC=O. The van der Waals surface area contributed by atoms with Gasteiger partial charge in [-0.3, -0.25) is 9.59 Å². The summed E-state index contributed by atoms with van der Waals surface area (Å²) >= 11 is 1.63. The molecule has 0 radical (unpaired) electrons. The first-order chi connectivity index (χ1) is 17.1. The van der Waals surface area contributed by atoms with E-state index in [0.29, 0.717) is 19.3 Å². The lowest BCUT2D eigenvalue weighted by atomic mass is 9.86. The van der Waals surface area contributed by atoms with Crippen molar-refractivity contribution in [1.29, 1.82) is 0 Å². The first kappa shape index (κ1) is 31.8. The third kappa shape index (κ3) is 14.2. The van der Waals surface area contributed by atoms with Crippen LogP contribution in [0, 0.1) is 5.92 Å². The van der Waals surface area contributed by atoms with Crippen molar-refractivity contribution >= 4 is 30.1 Å². The fraction of sp³-hybridized carbons (Fsp3) is 0.893. The van der Waals surface area contributed by atoms with Crippen LogP contribution in [0.1, 0.15) is 123 Å². The summed E-state index contributed by atoms with van der Waals surface area (Å²) in [4.78, 5) is 35.9. The summed E-state index contributed by atoms with van der Waals surface area (Å²) in [5.41, 5.74) is 0. The second-order valence-electron chi connectivity index (χ2n) is 9.96. The van der Waals surface area contributed by atoms with E-state index < -0.39 is 6.04 Å². The first-order valence-electron chi connectivity index (χ1n) is 14.2. The lowest BCUT2D eigenvalue weighted by Gasteiger charge is -2.37. The summed E-state index contributed by atoms with van der Waals surface area (Å²) in [5, 5.41) is 2.61. The molecule has 1 fully saturated rings. The average molecular weight is 514 g/mol. The number of hydrogen-bond donors (Lipinski definition) is 1. The highest BCUT2D eigenvalue weighted by Crippen LogP contribution is 2.32. The van der Waals surface area contributed by atoms with Crippen molar-refractivity contribution in [1.82, 2.24) is 5.32 Å². The molecule has 1 heterocycles. The molecular formula is C28H51NO5S. The van der Waals surface area contributed by atoms with Crippen LogP contribution in [0.15, 0.2) is 0 Å². The van der Waals surface area contributed by atoms with Crippen LogP contribution < -0.4 is 5.32 Å². The van der Waals surface area contributed by atoms with Crippen molar-refractivity contribution in [3.8, 4) is 0 Å². The van der Waals surface area contributed by atoms with E-state index in [1.807, 2.05) is 6.26 Å². The summed E-state index contributed by atoms with van der Waals surface area (Å²) in [5.74, 6) is 0.206. The van der Waals surface area contributed by atoms with Gasteiger partial charge in [0.2, 0.25) is 6.41 Å². The predicted molar refractivity (Wildman–Crippen MR) is 144 cm³/mol. The van der Waals surface area contributed by atoms with Crippen LogP contribution in [-0.2, 0) is 23.9 Å². The number of amides is 1. The molecule has 1 aliphatic heterocycles. The number of esters is 2. The fourth-order valence-electron chi connectivity index (χ4n) is 4.71. The van der Waals surface area contributed by atoms with E-state index in [2.05, 4.69) is 19.2 Å². The molecule has 4 atom stereocenters. The van der Waals surface area contributed by atoms with Gasteiger partial charge in [0.05, 0.1) is 5.92 Å². The second kappa shape index (κ2) is 20.9. The largest absolute Gasteiger partial charge is 0.461 e. The van der Waals surface area contributed by atoms with Gasteiger partial charge in [-0.05, 0) is 37.7 Å². The Morgan fingerprint density at radius 1 is 0.971 bits per heavy atom. The first-order valence-corrected chi connectivity index (χ1v) is 15.6. The molecule has 0 aromatic rings. The third-order valence-electron chi connectivity index (χ3n) is 6.96. The Bertz CT molecular complexity index is 574. The van der Waals surface area contributed by atoms with Crippen molar-refractivity contribution in [3.05, 3.63) is 0 Å². The minimum absolute atomic E-state index is 0.0726. The molecule has 1 saturated heterocycles. The van der Waals surface area contributed by atoms with Crippen LogP contribution in [0.5, 0.6) is 0 Å². The minimum atomic E-state index is -0.626. The number of ether oxygens (including phenoxy) is 2. The Labute approximate surface area is 218 Å². The fourth-order valence-corrected chi connectivity index (χ4v) is 5.18. The highest BCUT2D eigenvalue weighted by molar-refractivity contribution is 7.98. The van der Waals surface area contributed by atoms with Crippen LogP contribution in [0.3, 0.4) is 0 Å². The van der Waals surface area contributed by atoms with E-state index >= 15 is 0 Å². The van der Waals surface area contributed by atoms with E-state index in [0.717, 1.165) is 44.3 Å². The second-order valence-corrected chi connectivity index (χ2v) is 10.9. The number of nitrogens with one attached hydrogen (secondary N) is 1. The molecular weight excluding hydrogens is 462 g/mol. The Morgan fingerprint density at radius 3 is 2.14 bits per heavy atom. The van der Waals surface area contributed by atoms with Crippen molar-refractivity contribution in [2.24, 2.45) is 5.92 Å². The monoisotopic (exact) mass is 513 g/mol. The number of carbonyl (C=O) groups excluding carboxylic acids is 3. The molecule has 1 N–H and O–H groups in total. The Balaban J connectivity index is 2.56. The quantitative estimate of drug-likeness (QED) is 0.0891. The van der Waals surface area contributed by atoms with Gasteiger partial charge in [0, 0.05) is 6.42 Å². The smallest absolute Gasteiger partial charge is 0.328 e. The number of rotatable bonds is 24. The zero-order chi connectivity index (χ0) is 25.7. The van der Waals surface area contributed by atoms with Crippen molar-refractivity contribution in [3.63, 3.8) is 0 Å². The highest BCUT2D eigenvalue weighted by Gasteiger charge is 2.43. The molecule has 204 valence electrons. The minimum Gasteiger partial charge on any atom is -0.461 e. The van der Waals surface area contributed by atoms with Gasteiger partial charge in [0.1, 0.15) is 18.2 Å². The van der Waals surface area contributed by atoms with Crippen molar-refractivity contribution < 1.29 is 23.9 Å². The topological polar surface area (TPSA) is 81.7 Å². The summed E-state index contributed by atoms with van der Waals surface area (Å²) < 4.78 is 11.4. The van der Waals surface area contributed by atoms with Crippen LogP contribution in [0.2, 0.25) is 0 Å². The molecule has 0 bridgehead atoms. The number of thioether (sulfide) groups is 1. The van der Waals surface area contributed by atoms with Gasteiger partial charge in [-0.25, -0.2) is 4.79 Å². The molecule has 1 rings (SSSR count).